The smallest absolute Gasteiger partial charge is 0.123 e. The minimum Gasteiger partial charge on any atom is -0.493 e. The molecule has 0 radical (unpaired) electrons. The minimum absolute atomic E-state index is 0.697. The largest absolute Gasteiger partial charge is 0.493 e. The van der Waals surface area contributed by atoms with Crippen molar-refractivity contribution in [2.45, 2.75) is 6.54 Å². The highest BCUT2D eigenvalue weighted by Gasteiger charge is 2.55. The molecule has 0 spiro atoms. The van der Waals surface area contributed by atoms with Gasteiger partial charge < -0.3 is 9.30 Å². The van der Waals surface area contributed by atoms with Gasteiger partial charge in [-0.05, 0) is 48.2 Å². The first-order valence-electron chi connectivity index (χ1n) is 9.20. The number of halogens is 1. The summed E-state index contributed by atoms with van der Waals surface area (Å²) in [4.78, 5) is 7.34. The van der Waals surface area contributed by atoms with Crippen LogP contribution in [0.25, 0.3) is 11.0 Å². The van der Waals surface area contributed by atoms with Gasteiger partial charge in [-0.15, -0.1) is 0 Å². The number of aromatic nitrogens is 2. The third kappa shape index (κ3) is 2.87. The third-order valence-corrected chi connectivity index (χ3v) is 6.20. The summed E-state index contributed by atoms with van der Waals surface area (Å²) in [6.07, 6.45) is 0. The number of aryl methyl sites for hydroxylation is 1. The molecular formula is C21H22ClN3O. The molecule has 0 bridgehead atoms. The Balaban J connectivity index is 1.16. The van der Waals surface area contributed by atoms with E-state index in [1.165, 1.54) is 5.52 Å². The summed E-state index contributed by atoms with van der Waals surface area (Å²) in [5, 5.41) is 0.748. The van der Waals surface area contributed by atoms with Crippen molar-refractivity contribution in [1.82, 2.24) is 14.5 Å². The molecule has 5 heteroatoms. The van der Waals surface area contributed by atoms with Gasteiger partial charge in [-0.3, -0.25) is 4.90 Å². The van der Waals surface area contributed by atoms with Crippen molar-refractivity contribution in [3.05, 3.63) is 59.4 Å². The van der Waals surface area contributed by atoms with Crippen molar-refractivity contribution in [3.8, 4) is 5.75 Å². The summed E-state index contributed by atoms with van der Waals surface area (Å²) in [6.45, 7) is 4.06. The van der Waals surface area contributed by atoms with E-state index in [1.807, 2.05) is 24.3 Å². The van der Waals surface area contributed by atoms with E-state index in [2.05, 4.69) is 40.8 Å². The van der Waals surface area contributed by atoms with Crippen LogP contribution in [0, 0.1) is 17.8 Å². The fraction of sp³-hybridized carbons (Fsp3) is 0.381. The van der Waals surface area contributed by atoms with Crippen molar-refractivity contribution < 1.29 is 4.74 Å². The Kier molecular flexibility index (Phi) is 3.91. The Labute approximate surface area is 158 Å². The van der Waals surface area contributed by atoms with E-state index in [1.54, 1.807) is 0 Å². The molecule has 1 saturated carbocycles. The topological polar surface area (TPSA) is 30.3 Å². The fourth-order valence-electron chi connectivity index (χ4n) is 4.37. The summed E-state index contributed by atoms with van der Waals surface area (Å²) >= 11 is 5.92. The molecule has 3 aromatic rings. The highest BCUT2D eigenvalue weighted by atomic mass is 35.5. The van der Waals surface area contributed by atoms with Crippen LogP contribution in [-0.2, 0) is 13.6 Å². The second kappa shape index (κ2) is 6.29. The van der Waals surface area contributed by atoms with Gasteiger partial charge in [-0.1, -0.05) is 23.7 Å². The van der Waals surface area contributed by atoms with Crippen LogP contribution < -0.4 is 4.74 Å². The number of imidazole rings is 1. The lowest BCUT2D eigenvalue weighted by Crippen LogP contribution is -2.26. The summed E-state index contributed by atoms with van der Waals surface area (Å²) in [5.41, 5.74) is 2.30. The van der Waals surface area contributed by atoms with Crippen LogP contribution in [0.1, 0.15) is 5.82 Å². The lowest BCUT2D eigenvalue weighted by atomic mass is 10.2. The molecule has 1 aromatic heterocycles. The monoisotopic (exact) mass is 367 g/mol. The first kappa shape index (κ1) is 16.2. The lowest BCUT2D eigenvalue weighted by molar-refractivity contribution is 0.226. The van der Waals surface area contributed by atoms with E-state index in [-0.39, 0.29) is 0 Å². The molecule has 2 aromatic carbocycles. The molecule has 1 aliphatic heterocycles. The molecule has 1 aliphatic carbocycles. The average Bonchev–Trinajstić information content (AvgIpc) is 2.98. The zero-order valence-electron chi connectivity index (χ0n) is 14.8. The highest BCUT2D eigenvalue weighted by molar-refractivity contribution is 6.30. The van der Waals surface area contributed by atoms with Crippen molar-refractivity contribution in [1.29, 1.82) is 0 Å². The van der Waals surface area contributed by atoms with Crippen LogP contribution in [-0.4, -0.2) is 34.1 Å². The minimum atomic E-state index is 0.697. The van der Waals surface area contributed by atoms with Gasteiger partial charge >= 0.3 is 0 Å². The van der Waals surface area contributed by atoms with Crippen LogP contribution in [0.2, 0.25) is 5.02 Å². The Morgan fingerprint density at radius 1 is 1.08 bits per heavy atom. The molecule has 2 aliphatic rings. The van der Waals surface area contributed by atoms with Crippen LogP contribution in [0.3, 0.4) is 0 Å². The van der Waals surface area contributed by atoms with Gasteiger partial charge in [0.1, 0.15) is 11.6 Å². The molecule has 1 unspecified atom stereocenters. The number of fused-ring (bicyclic) bond motifs is 2. The SMILES string of the molecule is Cn1c(CN2C[C@@H]3C(COc4ccc(Cl)cc4)[C@@H]3C2)nc2ccccc21. The molecule has 0 amide bonds. The van der Waals surface area contributed by atoms with E-state index in [0.717, 1.165) is 60.2 Å². The first-order chi connectivity index (χ1) is 12.7. The molecule has 26 heavy (non-hydrogen) atoms. The molecule has 2 heterocycles. The van der Waals surface area contributed by atoms with Crippen LogP contribution in [0.15, 0.2) is 48.5 Å². The number of ether oxygens (including phenoxy) is 1. The first-order valence-corrected chi connectivity index (χ1v) is 9.58. The van der Waals surface area contributed by atoms with E-state index in [9.17, 15) is 0 Å². The van der Waals surface area contributed by atoms with Gasteiger partial charge in [0.25, 0.3) is 0 Å². The number of likely N-dealkylation sites (tertiary alicyclic amines) is 1. The van der Waals surface area contributed by atoms with E-state index < -0.39 is 0 Å². The number of hydrogen-bond donors (Lipinski definition) is 0. The van der Waals surface area contributed by atoms with Gasteiger partial charge in [0.15, 0.2) is 0 Å². The van der Waals surface area contributed by atoms with Gasteiger partial charge in [-0.25, -0.2) is 4.98 Å². The predicted molar refractivity (Wildman–Crippen MR) is 103 cm³/mol. The van der Waals surface area contributed by atoms with Crippen molar-refractivity contribution in [3.63, 3.8) is 0 Å². The Bertz CT molecular complexity index is 924. The lowest BCUT2D eigenvalue weighted by Gasteiger charge is -2.19. The van der Waals surface area contributed by atoms with Gasteiger partial charge in [0, 0.05) is 31.1 Å². The van der Waals surface area contributed by atoms with Crippen LogP contribution in [0.5, 0.6) is 5.75 Å². The standard InChI is InChI=1S/C21H22ClN3O/c1-24-20-5-3-2-4-19(20)23-21(24)12-25-10-16-17(11-25)18(16)13-26-15-8-6-14(22)7-9-15/h2-9,16-18H,10-13H2,1H3/t16-,17+,18?. The molecule has 0 N–H and O–H groups in total. The maximum atomic E-state index is 5.94. The Hall–Kier alpha value is -2.04. The molecule has 3 atom stereocenters. The van der Waals surface area contributed by atoms with Gasteiger partial charge in [0.05, 0.1) is 24.2 Å². The number of piperidine rings is 1. The summed E-state index contributed by atoms with van der Waals surface area (Å²) in [7, 11) is 2.12. The van der Waals surface area contributed by atoms with Gasteiger partial charge in [-0.2, -0.15) is 0 Å². The van der Waals surface area contributed by atoms with Crippen LogP contribution in [0.4, 0.5) is 0 Å². The fourth-order valence-corrected chi connectivity index (χ4v) is 4.50. The Morgan fingerprint density at radius 3 is 2.54 bits per heavy atom. The number of para-hydroxylation sites is 2. The van der Waals surface area contributed by atoms with Crippen LogP contribution >= 0.6 is 11.6 Å². The van der Waals surface area contributed by atoms with Gasteiger partial charge in [0.2, 0.25) is 0 Å². The number of hydrogen-bond acceptors (Lipinski definition) is 3. The second-order valence-corrected chi connectivity index (χ2v) is 7.96. The van der Waals surface area contributed by atoms with Crippen molar-refractivity contribution >= 4 is 22.6 Å². The van der Waals surface area contributed by atoms with E-state index >= 15 is 0 Å². The second-order valence-electron chi connectivity index (χ2n) is 7.53. The predicted octanol–water partition coefficient (Wildman–Crippen LogP) is 3.98. The maximum Gasteiger partial charge on any atom is 0.123 e. The molecule has 134 valence electrons. The molecule has 1 saturated heterocycles. The molecular weight excluding hydrogens is 346 g/mol. The third-order valence-electron chi connectivity index (χ3n) is 5.95. The summed E-state index contributed by atoms with van der Waals surface area (Å²) in [5.74, 6) is 4.31. The quantitative estimate of drug-likeness (QED) is 0.683. The van der Waals surface area contributed by atoms with Crippen molar-refractivity contribution in [2.24, 2.45) is 24.8 Å². The Morgan fingerprint density at radius 2 is 1.81 bits per heavy atom. The van der Waals surface area contributed by atoms with Crippen molar-refractivity contribution in [2.75, 3.05) is 19.7 Å². The zero-order chi connectivity index (χ0) is 17.7. The number of nitrogens with zero attached hydrogens (tertiary/aromatic N) is 3. The number of benzene rings is 2. The zero-order valence-corrected chi connectivity index (χ0v) is 15.6. The molecule has 4 nitrogen and oxygen atoms in total. The normalized spacial score (nSPS) is 24.8. The summed E-state index contributed by atoms with van der Waals surface area (Å²) < 4.78 is 8.16. The highest BCUT2D eigenvalue weighted by Crippen LogP contribution is 2.52. The van der Waals surface area contributed by atoms with E-state index in [0.29, 0.717) is 5.92 Å². The average molecular weight is 368 g/mol. The van der Waals surface area contributed by atoms with E-state index in [4.69, 9.17) is 21.3 Å². The summed E-state index contributed by atoms with van der Waals surface area (Å²) in [6, 6.07) is 16.0. The number of rotatable bonds is 5. The molecule has 2 fully saturated rings. The molecule has 5 rings (SSSR count). The maximum absolute atomic E-state index is 5.94.